The number of nitrogens with one attached hydrogen (secondary N) is 1. The topological polar surface area (TPSA) is 127 Å². The molecule has 2 unspecified atom stereocenters. The number of hydrogen-bond acceptors (Lipinski definition) is 6. The number of benzene rings is 1. The predicted octanol–water partition coefficient (Wildman–Crippen LogP) is 3.44. The third kappa shape index (κ3) is 7.71. The molecule has 1 aromatic heterocycles. The molecule has 0 aliphatic rings. The van der Waals surface area contributed by atoms with Gasteiger partial charge in [-0.2, -0.15) is 0 Å². The number of carbonyl (C=O) groups excluding carboxylic acids is 1. The highest BCUT2D eigenvalue weighted by Gasteiger charge is 2.30. The summed E-state index contributed by atoms with van der Waals surface area (Å²) in [4.78, 5) is 31.9. The van der Waals surface area contributed by atoms with Gasteiger partial charge in [0.25, 0.3) is 0 Å². The molecule has 0 fully saturated rings. The lowest BCUT2D eigenvalue weighted by molar-refractivity contribution is -0.156. The van der Waals surface area contributed by atoms with E-state index >= 15 is 0 Å². The quantitative estimate of drug-likeness (QED) is 0.350. The van der Waals surface area contributed by atoms with Crippen LogP contribution in [0.4, 0.5) is 0 Å². The van der Waals surface area contributed by atoms with Gasteiger partial charge in [0.2, 0.25) is 5.90 Å². The molecule has 0 aliphatic heterocycles. The molecule has 0 spiro atoms. The van der Waals surface area contributed by atoms with Gasteiger partial charge in [0.15, 0.2) is 6.04 Å². The Labute approximate surface area is 182 Å². The van der Waals surface area contributed by atoms with Crippen molar-refractivity contribution in [2.45, 2.75) is 77.7 Å². The second kappa shape index (κ2) is 9.51. The van der Waals surface area contributed by atoms with Crippen molar-refractivity contribution in [2.24, 2.45) is 10.7 Å². The van der Waals surface area contributed by atoms with Crippen LogP contribution in [0, 0.1) is 0 Å². The maximum absolute atomic E-state index is 13.0. The highest BCUT2D eigenvalue weighted by atomic mass is 16.6. The van der Waals surface area contributed by atoms with Crippen LogP contribution in [0.25, 0.3) is 10.9 Å². The van der Waals surface area contributed by atoms with Crippen LogP contribution in [0.15, 0.2) is 35.5 Å². The van der Waals surface area contributed by atoms with E-state index in [0.29, 0.717) is 0 Å². The van der Waals surface area contributed by atoms with Gasteiger partial charge < -0.3 is 25.3 Å². The summed E-state index contributed by atoms with van der Waals surface area (Å²) in [6.45, 7) is 10.7. The molecule has 8 heteroatoms. The van der Waals surface area contributed by atoms with E-state index in [1.807, 2.05) is 30.5 Å². The Morgan fingerprint density at radius 1 is 1.10 bits per heavy atom. The number of H-pyrrole nitrogens is 1. The second-order valence-electron chi connectivity index (χ2n) is 9.50. The van der Waals surface area contributed by atoms with Crippen molar-refractivity contribution in [3.05, 3.63) is 36.0 Å². The van der Waals surface area contributed by atoms with Crippen molar-refractivity contribution in [2.75, 3.05) is 0 Å². The summed E-state index contributed by atoms with van der Waals surface area (Å²) in [5.74, 6) is -1.59. The zero-order chi connectivity index (χ0) is 23.4. The zero-order valence-electron chi connectivity index (χ0n) is 19.1. The number of aromatic amines is 1. The standard InChI is InChI=1S/C23H33N3O5/c1-22(2,3)30-20(16(24)12-19(27)28)26-18(21(29)31-23(4,5)6)11-14-13-25-17-10-8-7-9-15(14)17/h7-10,13,16,18,25H,11-12,24H2,1-6H3,(H,27,28). The minimum Gasteiger partial charge on any atom is -0.481 e. The molecule has 8 nitrogen and oxygen atoms in total. The summed E-state index contributed by atoms with van der Waals surface area (Å²) in [5.41, 5.74) is 6.52. The van der Waals surface area contributed by atoms with E-state index in [4.69, 9.17) is 20.3 Å². The SMILES string of the molecule is CC(C)(C)OC(=O)C(Cc1c[nH]c2ccccc12)N=C(OC(C)(C)C)C(N)CC(=O)O. The molecule has 1 heterocycles. The van der Waals surface area contributed by atoms with Gasteiger partial charge in [-0.15, -0.1) is 0 Å². The fourth-order valence-corrected chi connectivity index (χ4v) is 3.00. The number of aliphatic imine (C=N–C) groups is 1. The number of nitrogens with zero attached hydrogens (tertiary/aromatic N) is 1. The number of ether oxygens (including phenoxy) is 2. The van der Waals surface area contributed by atoms with Crippen LogP contribution in [0.5, 0.6) is 0 Å². The molecule has 2 rings (SSSR count). The molecule has 2 atom stereocenters. The van der Waals surface area contributed by atoms with Gasteiger partial charge in [0.1, 0.15) is 11.2 Å². The maximum atomic E-state index is 13.0. The predicted molar refractivity (Wildman–Crippen MR) is 120 cm³/mol. The fraction of sp³-hybridized carbons (Fsp3) is 0.522. The summed E-state index contributed by atoms with van der Waals surface area (Å²) < 4.78 is 11.4. The molecule has 0 radical (unpaired) electrons. The highest BCUT2D eigenvalue weighted by Crippen LogP contribution is 2.22. The van der Waals surface area contributed by atoms with Gasteiger partial charge in [-0.05, 0) is 53.2 Å². The molecule has 31 heavy (non-hydrogen) atoms. The van der Waals surface area contributed by atoms with E-state index in [1.165, 1.54) is 0 Å². The van der Waals surface area contributed by atoms with Crippen LogP contribution < -0.4 is 5.73 Å². The van der Waals surface area contributed by atoms with Crippen molar-refractivity contribution in [1.29, 1.82) is 0 Å². The van der Waals surface area contributed by atoms with Crippen molar-refractivity contribution in [3.63, 3.8) is 0 Å². The summed E-state index contributed by atoms with van der Waals surface area (Å²) in [6.07, 6.45) is 1.71. The third-order valence-corrected chi connectivity index (χ3v) is 4.17. The summed E-state index contributed by atoms with van der Waals surface area (Å²) in [5, 5.41) is 10.1. The van der Waals surface area contributed by atoms with Crippen LogP contribution in [0.1, 0.15) is 53.5 Å². The third-order valence-electron chi connectivity index (χ3n) is 4.17. The summed E-state index contributed by atoms with van der Waals surface area (Å²) in [6, 6.07) is 5.80. The number of carbonyl (C=O) groups is 2. The first-order valence-electron chi connectivity index (χ1n) is 10.3. The van der Waals surface area contributed by atoms with Crippen LogP contribution in [0.2, 0.25) is 0 Å². The molecular weight excluding hydrogens is 398 g/mol. The summed E-state index contributed by atoms with van der Waals surface area (Å²) >= 11 is 0. The molecule has 0 saturated heterocycles. The molecule has 2 aromatic rings. The van der Waals surface area contributed by atoms with Gasteiger partial charge in [-0.1, -0.05) is 18.2 Å². The van der Waals surface area contributed by atoms with Gasteiger partial charge in [-0.3, -0.25) is 4.79 Å². The number of nitrogens with two attached hydrogens (primary N) is 1. The minimum absolute atomic E-state index is 0.0191. The number of aromatic nitrogens is 1. The number of esters is 1. The van der Waals surface area contributed by atoms with Crippen LogP contribution in [-0.4, -0.2) is 51.2 Å². The Bertz CT molecular complexity index is 950. The smallest absolute Gasteiger partial charge is 0.331 e. The first-order valence-corrected chi connectivity index (χ1v) is 10.3. The normalized spacial score (nSPS) is 14.9. The van der Waals surface area contributed by atoms with Crippen LogP contribution in [-0.2, 0) is 25.5 Å². The number of fused-ring (bicyclic) bond motifs is 1. The Morgan fingerprint density at radius 3 is 2.29 bits per heavy atom. The van der Waals surface area contributed by atoms with E-state index < -0.39 is 35.2 Å². The van der Waals surface area contributed by atoms with E-state index in [-0.39, 0.29) is 18.7 Å². The molecular formula is C23H33N3O5. The molecule has 4 N–H and O–H groups in total. The lowest BCUT2D eigenvalue weighted by atomic mass is 10.0. The van der Waals surface area contributed by atoms with E-state index in [2.05, 4.69) is 9.98 Å². The number of carboxylic acid groups (broad SMARTS) is 1. The van der Waals surface area contributed by atoms with Gasteiger partial charge in [-0.25, -0.2) is 9.79 Å². The van der Waals surface area contributed by atoms with Crippen molar-refractivity contribution in [1.82, 2.24) is 4.98 Å². The lowest BCUT2D eigenvalue weighted by Gasteiger charge is -2.27. The fourth-order valence-electron chi connectivity index (χ4n) is 3.00. The molecule has 1 aromatic carbocycles. The van der Waals surface area contributed by atoms with Crippen molar-refractivity contribution in [3.8, 4) is 0 Å². The molecule has 0 amide bonds. The van der Waals surface area contributed by atoms with Gasteiger partial charge in [0.05, 0.1) is 12.5 Å². The Morgan fingerprint density at radius 2 is 1.71 bits per heavy atom. The average Bonchev–Trinajstić information content (AvgIpc) is 3.00. The Hall–Kier alpha value is -2.87. The zero-order valence-corrected chi connectivity index (χ0v) is 19.1. The molecule has 0 bridgehead atoms. The number of rotatable bonds is 7. The van der Waals surface area contributed by atoms with Crippen LogP contribution >= 0.6 is 0 Å². The molecule has 0 aliphatic carbocycles. The number of carboxylic acids is 1. The first-order chi connectivity index (χ1) is 14.2. The second-order valence-corrected chi connectivity index (χ2v) is 9.50. The summed E-state index contributed by atoms with van der Waals surface area (Å²) in [7, 11) is 0. The number of aliphatic carboxylic acids is 1. The number of para-hydroxylation sites is 1. The maximum Gasteiger partial charge on any atom is 0.331 e. The largest absolute Gasteiger partial charge is 0.481 e. The van der Waals surface area contributed by atoms with Gasteiger partial charge >= 0.3 is 11.9 Å². The Balaban J connectivity index is 2.46. The number of hydrogen-bond donors (Lipinski definition) is 3. The first kappa shape index (κ1) is 24.4. The Kier molecular flexibility index (Phi) is 7.49. The van der Waals surface area contributed by atoms with E-state index in [9.17, 15) is 9.59 Å². The molecule has 170 valence electrons. The minimum atomic E-state index is -1.08. The lowest BCUT2D eigenvalue weighted by Crippen LogP contribution is -2.41. The van der Waals surface area contributed by atoms with Gasteiger partial charge in [0, 0.05) is 23.5 Å². The highest BCUT2D eigenvalue weighted by molar-refractivity contribution is 5.90. The van der Waals surface area contributed by atoms with Crippen molar-refractivity contribution >= 4 is 28.7 Å². The van der Waals surface area contributed by atoms with E-state index in [1.54, 1.807) is 41.5 Å². The monoisotopic (exact) mass is 431 g/mol. The van der Waals surface area contributed by atoms with E-state index in [0.717, 1.165) is 16.5 Å². The van der Waals surface area contributed by atoms with Crippen molar-refractivity contribution < 1.29 is 24.2 Å². The van der Waals surface area contributed by atoms with Crippen LogP contribution in [0.3, 0.4) is 0 Å². The molecule has 0 saturated carbocycles. The average molecular weight is 432 g/mol.